The van der Waals surface area contributed by atoms with Crippen LogP contribution in [-0.2, 0) is 16.1 Å². The zero-order valence-corrected chi connectivity index (χ0v) is 19.1. The van der Waals surface area contributed by atoms with E-state index in [4.69, 9.17) is 9.47 Å². The Kier molecular flexibility index (Phi) is 8.21. The Morgan fingerprint density at radius 3 is 2.35 bits per heavy atom. The molecule has 0 N–H and O–H groups in total. The Morgan fingerprint density at radius 1 is 1.16 bits per heavy atom. The van der Waals surface area contributed by atoms with Crippen LogP contribution < -0.4 is 4.74 Å². The molecule has 0 spiro atoms. The van der Waals surface area contributed by atoms with E-state index >= 15 is 0 Å². The lowest BCUT2D eigenvalue weighted by atomic mass is 10.1. The number of hydrogen-bond acceptors (Lipinski definition) is 5. The minimum Gasteiger partial charge on any atom is -0.494 e. The Morgan fingerprint density at radius 2 is 1.81 bits per heavy atom. The summed E-state index contributed by atoms with van der Waals surface area (Å²) in [6.07, 6.45) is 0.505. The van der Waals surface area contributed by atoms with Crippen LogP contribution in [0.25, 0.3) is 6.08 Å². The van der Waals surface area contributed by atoms with Gasteiger partial charge in [-0.1, -0.05) is 13.8 Å². The van der Waals surface area contributed by atoms with Crippen LogP contribution in [0.2, 0.25) is 0 Å². The summed E-state index contributed by atoms with van der Waals surface area (Å²) < 4.78 is 12.8. The number of benzene rings is 1. The normalized spacial score (nSPS) is 12.4. The van der Waals surface area contributed by atoms with Crippen molar-refractivity contribution in [1.29, 1.82) is 5.26 Å². The van der Waals surface area contributed by atoms with Crippen molar-refractivity contribution in [3.63, 3.8) is 0 Å². The van der Waals surface area contributed by atoms with Gasteiger partial charge in [0.05, 0.1) is 6.61 Å². The van der Waals surface area contributed by atoms with Crippen molar-refractivity contribution in [1.82, 2.24) is 4.57 Å². The molecule has 6 nitrogen and oxygen atoms in total. The lowest BCUT2D eigenvalue weighted by molar-refractivity contribution is -0.141. The summed E-state index contributed by atoms with van der Waals surface area (Å²) in [5, 5.41) is 9.50. The topological polar surface area (TPSA) is 81.3 Å². The molecular weight excluding hydrogens is 392 g/mol. The molecule has 2 aromatic rings. The van der Waals surface area contributed by atoms with Crippen LogP contribution in [0.15, 0.2) is 35.9 Å². The highest BCUT2D eigenvalue weighted by Crippen LogP contribution is 2.21. The van der Waals surface area contributed by atoms with E-state index in [-0.39, 0.29) is 11.4 Å². The van der Waals surface area contributed by atoms with Crippen molar-refractivity contribution in [2.45, 2.75) is 54.2 Å². The molecule has 0 saturated heterocycles. The van der Waals surface area contributed by atoms with Gasteiger partial charge in [-0.05, 0) is 75.6 Å². The smallest absolute Gasteiger partial charge is 0.349 e. The lowest BCUT2D eigenvalue weighted by Crippen LogP contribution is -2.25. The molecule has 1 atom stereocenters. The predicted octanol–water partition coefficient (Wildman–Crippen LogP) is 4.88. The largest absolute Gasteiger partial charge is 0.494 e. The Hall–Kier alpha value is -3.33. The second-order valence-electron chi connectivity index (χ2n) is 7.87. The zero-order chi connectivity index (χ0) is 23.1. The fraction of sp³-hybridized carbons (Fsp3) is 0.400. The van der Waals surface area contributed by atoms with Crippen molar-refractivity contribution in [3.05, 3.63) is 58.4 Å². The van der Waals surface area contributed by atoms with Gasteiger partial charge in [0.25, 0.3) is 0 Å². The standard InChI is InChI=1S/C25H30N2O4/c1-7-30-23-10-8-20(9-11-23)24(28)19(6)31-25(29)22(14-26)13-21-12-17(4)27(18(21)5)15-16(2)3/h8-13,16,19H,7,15H2,1-6H3/b22-13+/t19-/m1/s1. The number of hydrogen-bond donors (Lipinski definition) is 0. The third kappa shape index (κ3) is 6.08. The number of Topliss-reactive ketones (excluding diaryl/α,β-unsaturated/α-hetero) is 1. The molecule has 164 valence electrons. The van der Waals surface area contributed by atoms with Gasteiger partial charge in [-0.15, -0.1) is 0 Å². The van der Waals surface area contributed by atoms with E-state index in [9.17, 15) is 14.9 Å². The van der Waals surface area contributed by atoms with Gasteiger partial charge in [0.15, 0.2) is 6.10 Å². The maximum Gasteiger partial charge on any atom is 0.349 e. The predicted molar refractivity (Wildman–Crippen MR) is 120 cm³/mol. The van der Waals surface area contributed by atoms with Crippen LogP contribution in [0, 0.1) is 31.1 Å². The highest BCUT2D eigenvalue weighted by Gasteiger charge is 2.22. The maximum absolute atomic E-state index is 12.6. The number of carbonyl (C=O) groups is 2. The summed E-state index contributed by atoms with van der Waals surface area (Å²) >= 11 is 0. The highest BCUT2D eigenvalue weighted by atomic mass is 16.5. The van der Waals surface area contributed by atoms with Gasteiger partial charge < -0.3 is 14.0 Å². The summed E-state index contributed by atoms with van der Waals surface area (Å²) in [4.78, 5) is 25.2. The number of aryl methyl sites for hydroxylation is 1. The van der Waals surface area contributed by atoms with Crippen LogP contribution in [-0.4, -0.2) is 29.0 Å². The molecular formula is C25H30N2O4. The van der Waals surface area contributed by atoms with Gasteiger partial charge in [-0.3, -0.25) is 4.79 Å². The average molecular weight is 423 g/mol. The van der Waals surface area contributed by atoms with Crippen LogP contribution in [0.1, 0.15) is 55.0 Å². The van der Waals surface area contributed by atoms with E-state index in [1.54, 1.807) is 24.3 Å². The molecule has 0 aliphatic heterocycles. The summed E-state index contributed by atoms with van der Waals surface area (Å²) in [5.74, 6) is -0.0308. The first-order valence-electron chi connectivity index (χ1n) is 10.4. The summed E-state index contributed by atoms with van der Waals surface area (Å²) in [7, 11) is 0. The van der Waals surface area contributed by atoms with E-state index < -0.39 is 12.1 Å². The Balaban J connectivity index is 2.15. The molecule has 0 radical (unpaired) electrons. The molecule has 0 unspecified atom stereocenters. The van der Waals surface area contributed by atoms with E-state index in [0.29, 0.717) is 23.8 Å². The molecule has 1 aromatic carbocycles. The van der Waals surface area contributed by atoms with Gasteiger partial charge >= 0.3 is 5.97 Å². The SMILES string of the molecule is CCOc1ccc(C(=O)[C@@H](C)OC(=O)/C(C#N)=C/c2cc(C)n(CC(C)C)c2C)cc1. The van der Waals surface area contributed by atoms with E-state index in [1.807, 2.05) is 32.9 Å². The van der Waals surface area contributed by atoms with Crippen LogP contribution in [0.5, 0.6) is 5.75 Å². The molecule has 1 aromatic heterocycles. The number of ketones is 1. The van der Waals surface area contributed by atoms with Crippen molar-refractivity contribution in [2.75, 3.05) is 6.61 Å². The number of nitrogens with zero attached hydrogens (tertiary/aromatic N) is 2. The second-order valence-corrected chi connectivity index (χ2v) is 7.87. The fourth-order valence-electron chi connectivity index (χ4n) is 3.31. The Labute approximate surface area is 184 Å². The molecule has 0 fully saturated rings. The summed E-state index contributed by atoms with van der Waals surface area (Å²) in [6, 6.07) is 10.5. The number of aromatic nitrogens is 1. The van der Waals surface area contributed by atoms with Crippen molar-refractivity contribution < 1.29 is 19.1 Å². The first-order valence-corrected chi connectivity index (χ1v) is 10.4. The van der Waals surface area contributed by atoms with Gasteiger partial charge in [0.2, 0.25) is 5.78 Å². The number of ether oxygens (including phenoxy) is 2. The monoisotopic (exact) mass is 422 g/mol. The second kappa shape index (κ2) is 10.6. The maximum atomic E-state index is 12.6. The van der Waals surface area contributed by atoms with E-state index in [0.717, 1.165) is 23.5 Å². The minimum atomic E-state index is -1.02. The van der Waals surface area contributed by atoms with Gasteiger partial charge in [0, 0.05) is 23.5 Å². The number of rotatable bonds is 9. The third-order valence-corrected chi connectivity index (χ3v) is 4.90. The van der Waals surface area contributed by atoms with Gasteiger partial charge in [-0.2, -0.15) is 5.26 Å². The molecule has 0 aliphatic carbocycles. The lowest BCUT2D eigenvalue weighted by Gasteiger charge is -2.13. The van der Waals surface area contributed by atoms with Gasteiger partial charge in [0.1, 0.15) is 17.4 Å². The molecule has 1 heterocycles. The molecule has 6 heteroatoms. The van der Waals surface area contributed by atoms with Crippen LogP contribution >= 0.6 is 0 Å². The van der Waals surface area contributed by atoms with Crippen LogP contribution in [0.3, 0.4) is 0 Å². The first-order chi connectivity index (χ1) is 14.7. The summed E-state index contributed by atoms with van der Waals surface area (Å²) in [5.41, 5.74) is 3.09. The minimum absolute atomic E-state index is 0.142. The van der Waals surface area contributed by atoms with Crippen molar-refractivity contribution in [2.24, 2.45) is 5.92 Å². The number of esters is 1. The quantitative estimate of drug-likeness (QED) is 0.249. The third-order valence-electron chi connectivity index (χ3n) is 4.90. The molecule has 0 bridgehead atoms. The number of carbonyl (C=O) groups excluding carboxylic acids is 2. The van der Waals surface area contributed by atoms with Crippen molar-refractivity contribution >= 4 is 17.8 Å². The van der Waals surface area contributed by atoms with E-state index in [2.05, 4.69) is 18.4 Å². The average Bonchev–Trinajstić information content (AvgIpc) is 2.99. The molecule has 31 heavy (non-hydrogen) atoms. The van der Waals surface area contributed by atoms with Crippen molar-refractivity contribution in [3.8, 4) is 11.8 Å². The van der Waals surface area contributed by atoms with Crippen LogP contribution in [0.4, 0.5) is 0 Å². The molecule has 0 amide bonds. The summed E-state index contributed by atoms with van der Waals surface area (Å²) in [6.45, 7) is 13.0. The number of nitriles is 1. The molecule has 0 aliphatic rings. The Bertz CT molecular complexity index is 1010. The highest BCUT2D eigenvalue weighted by molar-refractivity contribution is 6.03. The van der Waals surface area contributed by atoms with E-state index in [1.165, 1.54) is 13.0 Å². The molecule has 0 saturated carbocycles. The first kappa shape index (κ1) is 23.9. The fourth-order valence-corrected chi connectivity index (χ4v) is 3.31. The molecule has 2 rings (SSSR count). The zero-order valence-electron chi connectivity index (χ0n) is 19.1. The van der Waals surface area contributed by atoms with Gasteiger partial charge in [-0.25, -0.2) is 4.79 Å².